The molecule has 0 bridgehead atoms. The second-order valence-electron chi connectivity index (χ2n) is 5.63. The fraction of sp³-hybridized carbons (Fsp3) is 0.500. The fourth-order valence-electron chi connectivity index (χ4n) is 2.82. The quantitative estimate of drug-likeness (QED) is 0.644. The van der Waals surface area contributed by atoms with Gasteiger partial charge in [-0.25, -0.2) is 4.79 Å². The lowest BCUT2D eigenvalue weighted by Gasteiger charge is -2.29. The monoisotopic (exact) mass is 306 g/mol. The summed E-state index contributed by atoms with van der Waals surface area (Å²) in [5, 5.41) is 8.92. The number of Topliss-reactive ketones (excluding diaryl/α,β-unsaturated/α-hetero) is 1. The van der Waals surface area contributed by atoms with Gasteiger partial charge in [0.1, 0.15) is 5.75 Å². The van der Waals surface area contributed by atoms with Crippen molar-refractivity contribution in [2.75, 3.05) is 25.9 Å². The topological polar surface area (TPSA) is 92.9 Å². The lowest BCUT2D eigenvalue weighted by molar-refractivity contribution is 0.0951. The van der Waals surface area contributed by atoms with E-state index < -0.39 is 6.09 Å². The highest BCUT2D eigenvalue weighted by atomic mass is 16.5. The number of amides is 1. The standard InChI is InChI=1S/C16H22N2O4/c1-22-15-10-12(17)3-4-13(15)14(19)5-2-11-6-8-18(9-7-11)16(20)21/h3-4,10-11H,2,5-9,17H2,1H3,(H,20,21). The van der Waals surface area contributed by atoms with E-state index in [0.29, 0.717) is 42.4 Å². The molecule has 0 unspecified atom stereocenters. The first kappa shape index (κ1) is 16.1. The van der Waals surface area contributed by atoms with Gasteiger partial charge >= 0.3 is 6.09 Å². The summed E-state index contributed by atoms with van der Waals surface area (Å²) in [6, 6.07) is 5.04. The molecule has 1 amide bonds. The highest BCUT2D eigenvalue weighted by molar-refractivity contribution is 5.99. The van der Waals surface area contributed by atoms with Crippen molar-refractivity contribution in [1.82, 2.24) is 4.90 Å². The van der Waals surface area contributed by atoms with Crippen molar-refractivity contribution in [2.24, 2.45) is 5.92 Å². The molecule has 22 heavy (non-hydrogen) atoms. The number of benzene rings is 1. The summed E-state index contributed by atoms with van der Waals surface area (Å²) >= 11 is 0. The molecule has 3 N–H and O–H groups in total. The summed E-state index contributed by atoms with van der Waals surface area (Å²) < 4.78 is 5.21. The number of ether oxygens (including phenoxy) is 1. The molecule has 0 saturated carbocycles. The van der Waals surface area contributed by atoms with Gasteiger partial charge in [-0.3, -0.25) is 4.79 Å². The Balaban J connectivity index is 1.87. The summed E-state index contributed by atoms with van der Waals surface area (Å²) in [6.45, 7) is 1.11. The van der Waals surface area contributed by atoms with Gasteiger partial charge in [-0.1, -0.05) is 0 Å². The van der Waals surface area contributed by atoms with E-state index >= 15 is 0 Å². The molecule has 0 aliphatic carbocycles. The molecule has 1 fully saturated rings. The van der Waals surface area contributed by atoms with Crippen molar-refractivity contribution in [3.8, 4) is 5.75 Å². The van der Waals surface area contributed by atoms with Crippen molar-refractivity contribution < 1.29 is 19.4 Å². The Kier molecular flexibility index (Phi) is 5.25. The summed E-state index contributed by atoms with van der Waals surface area (Å²) in [5.74, 6) is 0.947. The molecule has 6 heteroatoms. The maximum Gasteiger partial charge on any atom is 0.407 e. The number of nitrogens with zero attached hydrogens (tertiary/aromatic N) is 1. The number of carbonyl (C=O) groups excluding carboxylic acids is 1. The number of piperidine rings is 1. The molecule has 1 aliphatic heterocycles. The largest absolute Gasteiger partial charge is 0.496 e. The van der Waals surface area contributed by atoms with Crippen LogP contribution in [-0.2, 0) is 0 Å². The highest BCUT2D eigenvalue weighted by Crippen LogP contribution is 2.26. The van der Waals surface area contributed by atoms with E-state index in [1.54, 1.807) is 18.2 Å². The molecular formula is C16H22N2O4. The van der Waals surface area contributed by atoms with Crippen molar-refractivity contribution in [2.45, 2.75) is 25.7 Å². The SMILES string of the molecule is COc1cc(N)ccc1C(=O)CCC1CCN(C(=O)O)CC1. The Morgan fingerprint density at radius 2 is 2.05 bits per heavy atom. The molecule has 1 saturated heterocycles. The van der Waals surface area contributed by atoms with Gasteiger partial charge in [-0.15, -0.1) is 0 Å². The van der Waals surface area contributed by atoms with Crippen LogP contribution in [0.3, 0.4) is 0 Å². The summed E-state index contributed by atoms with van der Waals surface area (Å²) in [7, 11) is 1.52. The molecule has 0 radical (unpaired) electrons. The normalized spacial score (nSPS) is 15.6. The maximum atomic E-state index is 12.3. The number of likely N-dealkylation sites (tertiary alicyclic amines) is 1. The number of methoxy groups -OCH3 is 1. The molecule has 1 aromatic rings. The predicted molar refractivity (Wildman–Crippen MR) is 83.3 cm³/mol. The Morgan fingerprint density at radius 1 is 1.36 bits per heavy atom. The lowest BCUT2D eigenvalue weighted by atomic mass is 9.90. The van der Waals surface area contributed by atoms with E-state index in [0.717, 1.165) is 19.3 Å². The third kappa shape index (κ3) is 3.90. The number of hydrogen-bond acceptors (Lipinski definition) is 4. The Labute approximate surface area is 129 Å². The number of nitrogens with two attached hydrogens (primary N) is 1. The van der Waals surface area contributed by atoms with Crippen LogP contribution in [0, 0.1) is 5.92 Å². The second kappa shape index (κ2) is 7.15. The molecule has 6 nitrogen and oxygen atoms in total. The van der Waals surface area contributed by atoms with Crippen LogP contribution < -0.4 is 10.5 Å². The number of rotatable bonds is 5. The van der Waals surface area contributed by atoms with Crippen LogP contribution in [0.4, 0.5) is 10.5 Å². The molecule has 120 valence electrons. The first-order valence-corrected chi connectivity index (χ1v) is 7.46. The van der Waals surface area contributed by atoms with E-state index in [1.165, 1.54) is 12.0 Å². The zero-order valence-electron chi connectivity index (χ0n) is 12.7. The predicted octanol–water partition coefficient (Wildman–Crippen LogP) is 2.63. The number of carboxylic acid groups (broad SMARTS) is 1. The fourth-order valence-corrected chi connectivity index (χ4v) is 2.82. The van der Waals surface area contributed by atoms with Crippen LogP contribution in [0.5, 0.6) is 5.75 Å². The van der Waals surface area contributed by atoms with Crippen LogP contribution in [0.15, 0.2) is 18.2 Å². The molecule has 1 aliphatic rings. The molecular weight excluding hydrogens is 284 g/mol. The third-order valence-electron chi connectivity index (χ3n) is 4.19. The zero-order valence-corrected chi connectivity index (χ0v) is 12.7. The number of hydrogen-bond donors (Lipinski definition) is 2. The average Bonchev–Trinajstić information content (AvgIpc) is 2.52. The van der Waals surface area contributed by atoms with Crippen LogP contribution >= 0.6 is 0 Å². The summed E-state index contributed by atoms with van der Waals surface area (Å²) in [6.07, 6.45) is 2.00. The third-order valence-corrected chi connectivity index (χ3v) is 4.19. The minimum Gasteiger partial charge on any atom is -0.496 e. The molecule has 2 rings (SSSR count). The Morgan fingerprint density at radius 3 is 2.64 bits per heavy atom. The van der Waals surface area contributed by atoms with Gasteiger partial charge in [-0.05, 0) is 37.3 Å². The van der Waals surface area contributed by atoms with E-state index in [4.69, 9.17) is 15.6 Å². The number of anilines is 1. The smallest absolute Gasteiger partial charge is 0.407 e. The van der Waals surface area contributed by atoms with E-state index in [9.17, 15) is 9.59 Å². The van der Waals surface area contributed by atoms with Gasteiger partial charge < -0.3 is 20.5 Å². The zero-order chi connectivity index (χ0) is 16.1. The molecule has 0 spiro atoms. The van der Waals surface area contributed by atoms with Crippen LogP contribution in [-0.4, -0.2) is 42.1 Å². The molecule has 0 aromatic heterocycles. The van der Waals surface area contributed by atoms with E-state index in [1.807, 2.05) is 0 Å². The maximum absolute atomic E-state index is 12.3. The van der Waals surface area contributed by atoms with Gasteiger partial charge in [0.2, 0.25) is 0 Å². The molecule has 1 aromatic carbocycles. The van der Waals surface area contributed by atoms with E-state index in [2.05, 4.69) is 0 Å². The summed E-state index contributed by atoms with van der Waals surface area (Å²) in [5.41, 5.74) is 6.81. The average molecular weight is 306 g/mol. The van der Waals surface area contributed by atoms with Crippen LogP contribution in [0.1, 0.15) is 36.0 Å². The minimum atomic E-state index is -0.860. The first-order valence-electron chi connectivity index (χ1n) is 7.46. The Bertz CT molecular complexity index is 551. The van der Waals surface area contributed by atoms with Crippen molar-refractivity contribution in [1.29, 1.82) is 0 Å². The van der Waals surface area contributed by atoms with Gasteiger partial charge in [0.15, 0.2) is 5.78 Å². The first-order chi connectivity index (χ1) is 10.5. The van der Waals surface area contributed by atoms with Crippen molar-refractivity contribution in [3.63, 3.8) is 0 Å². The van der Waals surface area contributed by atoms with Gasteiger partial charge in [0, 0.05) is 31.3 Å². The number of nitrogen functional groups attached to an aromatic ring is 1. The lowest BCUT2D eigenvalue weighted by Crippen LogP contribution is -2.37. The highest BCUT2D eigenvalue weighted by Gasteiger charge is 2.23. The molecule has 0 atom stereocenters. The molecule has 1 heterocycles. The van der Waals surface area contributed by atoms with E-state index in [-0.39, 0.29) is 5.78 Å². The van der Waals surface area contributed by atoms with Crippen molar-refractivity contribution in [3.05, 3.63) is 23.8 Å². The number of ketones is 1. The van der Waals surface area contributed by atoms with Gasteiger partial charge in [-0.2, -0.15) is 0 Å². The second-order valence-corrected chi connectivity index (χ2v) is 5.63. The Hall–Kier alpha value is -2.24. The van der Waals surface area contributed by atoms with Crippen LogP contribution in [0.25, 0.3) is 0 Å². The van der Waals surface area contributed by atoms with Crippen LogP contribution in [0.2, 0.25) is 0 Å². The van der Waals surface area contributed by atoms with Crippen molar-refractivity contribution >= 4 is 17.6 Å². The van der Waals surface area contributed by atoms with Gasteiger partial charge in [0.05, 0.1) is 12.7 Å². The number of carbonyl (C=O) groups is 2. The van der Waals surface area contributed by atoms with Gasteiger partial charge in [0.25, 0.3) is 0 Å². The minimum absolute atomic E-state index is 0.0394. The summed E-state index contributed by atoms with van der Waals surface area (Å²) in [4.78, 5) is 24.6.